The Kier molecular flexibility index (Phi) is 5.81. The van der Waals surface area contributed by atoms with Gasteiger partial charge in [0.1, 0.15) is 5.54 Å². The summed E-state index contributed by atoms with van der Waals surface area (Å²) in [5.41, 5.74) is -0.720. The minimum Gasteiger partial charge on any atom is -0.480 e. The van der Waals surface area contributed by atoms with Crippen LogP contribution in [-0.4, -0.2) is 47.2 Å². The molecule has 0 saturated heterocycles. The zero-order valence-electron chi connectivity index (χ0n) is 13.1. The van der Waals surface area contributed by atoms with Crippen molar-refractivity contribution in [2.75, 3.05) is 13.6 Å². The second kappa shape index (κ2) is 6.71. The molecule has 0 amide bonds. The second-order valence-corrected chi connectivity index (χ2v) is 6.54. The van der Waals surface area contributed by atoms with Gasteiger partial charge in [-0.3, -0.25) is 10.1 Å². The fourth-order valence-electron chi connectivity index (χ4n) is 3.11. The van der Waals surface area contributed by atoms with Crippen molar-refractivity contribution in [3.05, 3.63) is 0 Å². The molecule has 19 heavy (non-hydrogen) atoms. The first-order valence-electron chi connectivity index (χ1n) is 7.52. The Morgan fingerprint density at radius 1 is 1.47 bits per heavy atom. The number of carboxylic acids is 1. The van der Waals surface area contributed by atoms with E-state index in [0.717, 1.165) is 19.4 Å². The maximum absolute atomic E-state index is 11.6. The molecule has 1 rings (SSSR count). The molecule has 1 aliphatic carbocycles. The predicted molar refractivity (Wildman–Crippen MR) is 78.4 cm³/mol. The average molecular weight is 270 g/mol. The van der Waals surface area contributed by atoms with Crippen molar-refractivity contribution < 1.29 is 9.90 Å². The summed E-state index contributed by atoms with van der Waals surface area (Å²) in [6.07, 6.45) is 3.59. The van der Waals surface area contributed by atoms with Crippen LogP contribution in [0.1, 0.15) is 53.4 Å². The molecule has 0 aromatic rings. The zero-order valence-corrected chi connectivity index (χ0v) is 13.1. The molecule has 3 atom stereocenters. The van der Waals surface area contributed by atoms with Gasteiger partial charge in [0.15, 0.2) is 0 Å². The molecular formula is C15H30N2O2. The number of hydrogen-bond donors (Lipinski definition) is 2. The molecule has 1 aliphatic rings. The highest BCUT2D eigenvalue weighted by Gasteiger charge is 2.46. The molecule has 0 aromatic heterocycles. The Morgan fingerprint density at radius 2 is 2.11 bits per heavy atom. The van der Waals surface area contributed by atoms with Gasteiger partial charge in [-0.15, -0.1) is 0 Å². The van der Waals surface area contributed by atoms with E-state index >= 15 is 0 Å². The first kappa shape index (κ1) is 16.4. The number of aliphatic carboxylic acids is 1. The summed E-state index contributed by atoms with van der Waals surface area (Å²) in [4.78, 5) is 14.0. The summed E-state index contributed by atoms with van der Waals surface area (Å²) in [6.45, 7) is 9.54. The van der Waals surface area contributed by atoms with Crippen LogP contribution in [0, 0.1) is 5.92 Å². The summed E-state index contributed by atoms with van der Waals surface area (Å²) in [7, 11) is 2.13. The Hall–Kier alpha value is -0.610. The van der Waals surface area contributed by atoms with Crippen molar-refractivity contribution in [3.63, 3.8) is 0 Å². The van der Waals surface area contributed by atoms with E-state index < -0.39 is 11.5 Å². The molecule has 1 saturated carbocycles. The van der Waals surface area contributed by atoms with E-state index in [1.807, 2.05) is 13.8 Å². The minimum atomic E-state index is -0.720. The third-order valence-electron chi connectivity index (χ3n) is 4.38. The summed E-state index contributed by atoms with van der Waals surface area (Å²) in [5, 5.41) is 12.8. The molecule has 0 spiro atoms. The lowest BCUT2D eigenvalue weighted by Crippen LogP contribution is -2.53. The summed E-state index contributed by atoms with van der Waals surface area (Å²) >= 11 is 0. The normalized spacial score (nSPS) is 29.1. The van der Waals surface area contributed by atoms with E-state index in [9.17, 15) is 9.90 Å². The maximum Gasteiger partial charge on any atom is 0.323 e. The average Bonchev–Trinajstić information content (AvgIpc) is 2.73. The molecule has 4 nitrogen and oxygen atoms in total. The van der Waals surface area contributed by atoms with Crippen molar-refractivity contribution in [2.24, 2.45) is 5.92 Å². The summed E-state index contributed by atoms with van der Waals surface area (Å²) in [5.74, 6) is -0.0245. The van der Waals surface area contributed by atoms with E-state index in [-0.39, 0.29) is 6.04 Å². The Bertz CT molecular complexity index is 307. The summed E-state index contributed by atoms with van der Waals surface area (Å²) < 4.78 is 0. The molecule has 3 unspecified atom stereocenters. The SMILES string of the molecule is CCC(C)CN(C)C1CCC(NC(C)C)(C(=O)O)C1. The highest BCUT2D eigenvalue weighted by Crippen LogP contribution is 2.33. The predicted octanol–water partition coefficient (Wildman–Crippen LogP) is 2.34. The van der Waals surface area contributed by atoms with Gasteiger partial charge in [0.05, 0.1) is 0 Å². The molecule has 0 radical (unpaired) electrons. The van der Waals surface area contributed by atoms with E-state index in [2.05, 4.69) is 31.1 Å². The third-order valence-corrected chi connectivity index (χ3v) is 4.38. The van der Waals surface area contributed by atoms with Crippen molar-refractivity contribution >= 4 is 5.97 Å². The third kappa shape index (κ3) is 4.18. The number of rotatable bonds is 7. The number of nitrogens with one attached hydrogen (secondary N) is 1. The molecule has 0 aliphatic heterocycles. The lowest BCUT2D eigenvalue weighted by Gasteiger charge is -2.31. The monoisotopic (exact) mass is 270 g/mol. The van der Waals surface area contributed by atoms with Crippen LogP contribution < -0.4 is 5.32 Å². The quantitative estimate of drug-likeness (QED) is 0.745. The molecular weight excluding hydrogens is 240 g/mol. The van der Waals surface area contributed by atoms with Crippen LogP contribution in [0.5, 0.6) is 0 Å². The van der Waals surface area contributed by atoms with Gasteiger partial charge in [-0.05, 0) is 46.1 Å². The van der Waals surface area contributed by atoms with Gasteiger partial charge < -0.3 is 10.0 Å². The van der Waals surface area contributed by atoms with Gasteiger partial charge >= 0.3 is 5.97 Å². The highest BCUT2D eigenvalue weighted by atomic mass is 16.4. The van der Waals surface area contributed by atoms with Crippen LogP contribution in [0.2, 0.25) is 0 Å². The molecule has 0 aromatic carbocycles. The fraction of sp³-hybridized carbons (Fsp3) is 0.933. The largest absolute Gasteiger partial charge is 0.480 e. The lowest BCUT2D eigenvalue weighted by molar-refractivity contribution is -0.145. The van der Waals surface area contributed by atoms with Gasteiger partial charge in [-0.2, -0.15) is 0 Å². The van der Waals surface area contributed by atoms with Gasteiger partial charge in [0.2, 0.25) is 0 Å². The molecule has 112 valence electrons. The first-order chi connectivity index (χ1) is 8.80. The van der Waals surface area contributed by atoms with E-state index in [1.54, 1.807) is 0 Å². The Morgan fingerprint density at radius 3 is 2.58 bits per heavy atom. The van der Waals surface area contributed by atoms with E-state index in [0.29, 0.717) is 18.4 Å². The summed E-state index contributed by atoms with van der Waals surface area (Å²) in [6, 6.07) is 0.589. The van der Waals surface area contributed by atoms with Crippen molar-refractivity contribution in [1.29, 1.82) is 0 Å². The maximum atomic E-state index is 11.6. The molecule has 0 bridgehead atoms. The van der Waals surface area contributed by atoms with Gasteiger partial charge in [0.25, 0.3) is 0 Å². The number of carboxylic acid groups (broad SMARTS) is 1. The standard InChI is InChI=1S/C15H30N2O2/c1-6-12(4)10-17(5)13-7-8-15(9-13,14(18)19)16-11(2)3/h11-13,16H,6-10H2,1-5H3,(H,18,19). The Balaban J connectivity index is 2.65. The van der Waals surface area contributed by atoms with E-state index in [1.165, 1.54) is 6.42 Å². The Labute approximate surface area is 117 Å². The topological polar surface area (TPSA) is 52.6 Å². The molecule has 4 heteroatoms. The second-order valence-electron chi connectivity index (χ2n) is 6.54. The molecule has 2 N–H and O–H groups in total. The van der Waals surface area contributed by atoms with Gasteiger partial charge in [-0.25, -0.2) is 0 Å². The van der Waals surface area contributed by atoms with Crippen LogP contribution in [0.25, 0.3) is 0 Å². The smallest absolute Gasteiger partial charge is 0.323 e. The van der Waals surface area contributed by atoms with Crippen molar-refractivity contribution in [2.45, 2.75) is 71.0 Å². The number of carbonyl (C=O) groups is 1. The first-order valence-corrected chi connectivity index (χ1v) is 7.52. The molecule has 0 heterocycles. The van der Waals surface area contributed by atoms with Crippen LogP contribution in [-0.2, 0) is 4.79 Å². The van der Waals surface area contributed by atoms with E-state index in [4.69, 9.17) is 0 Å². The van der Waals surface area contributed by atoms with Crippen molar-refractivity contribution in [1.82, 2.24) is 10.2 Å². The highest BCUT2D eigenvalue weighted by molar-refractivity contribution is 5.79. The number of nitrogens with zero attached hydrogens (tertiary/aromatic N) is 1. The van der Waals surface area contributed by atoms with Crippen LogP contribution >= 0.6 is 0 Å². The van der Waals surface area contributed by atoms with Gasteiger partial charge in [-0.1, -0.05) is 20.3 Å². The van der Waals surface area contributed by atoms with Crippen LogP contribution in [0.4, 0.5) is 0 Å². The lowest BCUT2D eigenvalue weighted by atomic mass is 9.96. The number of hydrogen-bond acceptors (Lipinski definition) is 3. The zero-order chi connectivity index (χ0) is 14.6. The van der Waals surface area contributed by atoms with Crippen molar-refractivity contribution in [3.8, 4) is 0 Å². The van der Waals surface area contributed by atoms with Gasteiger partial charge in [0, 0.05) is 18.6 Å². The van der Waals surface area contributed by atoms with Crippen LogP contribution in [0.3, 0.4) is 0 Å². The fourth-order valence-corrected chi connectivity index (χ4v) is 3.11. The minimum absolute atomic E-state index is 0.203. The van der Waals surface area contributed by atoms with Crippen LogP contribution in [0.15, 0.2) is 0 Å². The molecule has 1 fully saturated rings.